The van der Waals surface area contributed by atoms with Crippen LogP contribution in [0.1, 0.15) is 25.0 Å². The summed E-state index contributed by atoms with van der Waals surface area (Å²) >= 11 is 0. The van der Waals surface area contributed by atoms with E-state index in [1.807, 2.05) is 84.9 Å². The lowest BCUT2D eigenvalue weighted by Gasteiger charge is -2.27. The van der Waals surface area contributed by atoms with Crippen molar-refractivity contribution in [1.82, 2.24) is 0 Å². The number of hydrogen-bond acceptors (Lipinski definition) is 2. The van der Waals surface area contributed by atoms with E-state index < -0.39 is 0 Å². The highest BCUT2D eigenvalue weighted by molar-refractivity contribution is 5.73. The standard InChI is InChI=1S/C27H24O2/c1-27(2,21-14-16-25(28)24(17-21)20-11-7-4-8-12-20)22-13-15-23(26(29)18-22)19-9-5-3-6-10-19/h3-18,28-29H,1-2H3. The van der Waals surface area contributed by atoms with Crippen LogP contribution in [0.4, 0.5) is 0 Å². The quantitative estimate of drug-likeness (QED) is 0.411. The monoisotopic (exact) mass is 380 g/mol. The molecule has 0 aliphatic heterocycles. The molecule has 4 aromatic rings. The molecule has 4 rings (SSSR count). The Morgan fingerprint density at radius 3 is 1.62 bits per heavy atom. The Morgan fingerprint density at radius 2 is 1.03 bits per heavy atom. The molecule has 0 saturated heterocycles. The van der Waals surface area contributed by atoms with Gasteiger partial charge in [-0.1, -0.05) is 92.7 Å². The third kappa shape index (κ3) is 3.62. The first-order valence-corrected chi connectivity index (χ1v) is 9.74. The van der Waals surface area contributed by atoms with E-state index in [2.05, 4.69) is 19.9 Å². The van der Waals surface area contributed by atoms with Crippen molar-refractivity contribution in [3.05, 3.63) is 108 Å². The van der Waals surface area contributed by atoms with Crippen LogP contribution >= 0.6 is 0 Å². The molecule has 0 aliphatic rings. The highest BCUT2D eigenvalue weighted by Crippen LogP contribution is 2.40. The fraction of sp³-hybridized carbons (Fsp3) is 0.111. The lowest BCUT2D eigenvalue weighted by Crippen LogP contribution is -2.19. The number of rotatable bonds is 4. The maximum absolute atomic E-state index is 10.7. The fourth-order valence-electron chi connectivity index (χ4n) is 3.72. The van der Waals surface area contributed by atoms with Crippen molar-refractivity contribution >= 4 is 0 Å². The van der Waals surface area contributed by atoms with Crippen LogP contribution in [0, 0.1) is 0 Å². The summed E-state index contributed by atoms with van der Waals surface area (Å²) in [5.41, 5.74) is 5.34. The average molecular weight is 380 g/mol. The zero-order valence-corrected chi connectivity index (χ0v) is 16.6. The average Bonchev–Trinajstić information content (AvgIpc) is 2.75. The van der Waals surface area contributed by atoms with E-state index in [9.17, 15) is 10.2 Å². The first-order valence-electron chi connectivity index (χ1n) is 9.74. The molecule has 0 heterocycles. The lowest BCUT2D eigenvalue weighted by atomic mass is 9.76. The third-order valence-electron chi connectivity index (χ3n) is 5.61. The molecule has 4 aromatic carbocycles. The molecule has 0 aromatic heterocycles. The van der Waals surface area contributed by atoms with E-state index >= 15 is 0 Å². The Balaban J connectivity index is 1.75. The smallest absolute Gasteiger partial charge is 0.123 e. The molecule has 0 bridgehead atoms. The predicted octanol–water partition coefficient (Wildman–Crippen LogP) is 6.76. The van der Waals surface area contributed by atoms with Gasteiger partial charge in [0, 0.05) is 16.5 Å². The third-order valence-corrected chi connectivity index (χ3v) is 5.61. The molecular weight excluding hydrogens is 356 g/mol. The minimum Gasteiger partial charge on any atom is -0.507 e. The van der Waals surface area contributed by atoms with E-state index in [4.69, 9.17) is 0 Å². The largest absolute Gasteiger partial charge is 0.507 e. The summed E-state index contributed by atoms with van der Waals surface area (Å²) in [7, 11) is 0. The number of aromatic hydroxyl groups is 2. The number of hydrogen-bond donors (Lipinski definition) is 2. The molecule has 0 spiro atoms. The number of benzene rings is 4. The van der Waals surface area contributed by atoms with Gasteiger partial charge < -0.3 is 10.2 Å². The first-order chi connectivity index (χ1) is 14.0. The van der Waals surface area contributed by atoms with Crippen LogP contribution in [0.2, 0.25) is 0 Å². The minimum atomic E-state index is -0.343. The van der Waals surface area contributed by atoms with Gasteiger partial charge in [0.25, 0.3) is 0 Å². The number of phenolic OH excluding ortho intramolecular Hbond substituents is 2. The van der Waals surface area contributed by atoms with E-state index in [-0.39, 0.29) is 16.9 Å². The van der Waals surface area contributed by atoms with Gasteiger partial charge in [-0.2, -0.15) is 0 Å². The second-order valence-electron chi connectivity index (χ2n) is 7.82. The van der Waals surface area contributed by atoms with Crippen molar-refractivity contribution in [2.24, 2.45) is 0 Å². The predicted molar refractivity (Wildman–Crippen MR) is 119 cm³/mol. The molecule has 0 unspecified atom stereocenters. The maximum Gasteiger partial charge on any atom is 0.123 e. The van der Waals surface area contributed by atoms with Gasteiger partial charge in [-0.3, -0.25) is 0 Å². The van der Waals surface area contributed by atoms with E-state index in [0.717, 1.165) is 33.4 Å². The van der Waals surface area contributed by atoms with Gasteiger partial charge in [0.2, 0.25) is 0 Å². The molecule has 0 fully saturated rings. The summed E-state index contributed by atoms with van der Waals surface area (Å²) < 4.78 is 0. The lowest BCUT2D eigenvalue weighted by molar-refractivity contribution is 0.473. The minimum absolute atomic E-state index is 0.262. The molecule has 2 N–H and O–H groups in total. The van der Waals surface area contributed by atoms with Crippen molar-refractivity contribution in [2.75, 3.05) is 0 Å². The van der Waals surface area contributed by atoms with Crippen molar-refractivity contribution in [3.8, 4) is 33.8 Å². The normalized spacial score (nSPS) is 11.4. The summed E-state index contributed by atoms with van der Waals surface area (Å²) in [6.45, 7) is 4.26. The molecule has 144 valence electrons. The fourth-order valence-corrected chi connectivity index (χ4v) is 3.72. The molecule has 0 radical (unpaired) electrons. The molecule has 29 heavy (non-hydrogen) atoms. The first kappa shape index (κ1) is 18.8. The Labute approximate surface area is 171 Å². The summed E-state index contributed by atoms with van der Waals surface area (Å²) in [5.74, 6) is 0.529. The van der Waals surface area contributed by atoms with Gasteiger partial charge >= 0.3 is 0 Å². The molecule has 2 nitrogen and oxygen atoms in total. The van der Waals surface area contributed by atoms with E-state index in [1.54, 1.807) is 6.07 Å². The van der Waals surface area contributed by atoms with E-state index in [1.165, 1.54) is 0 Å². The van der Waals surface area contributed by atoms with Gasteiger partial charge in [-0.15, -0.1) is 0 Å². The van der Waals surface area contributed by atoms with Crippen LogP contribution in [0.5, 0.6) is 11.5 Å². The Kier molecular flexibility index (Phi) is 4.85. The van der Waals surface area contributed by atoms with Crippen LogP contribution < -0.4 is 0 Å². The van der Waals surface area contributed by atoms with Crippen LogP contribution in [0.3, 0.4) is 0 Å². The highest BCUT2D eigenvalue weighted by atomic mass is 16.3. The summed E-state index contributed by atoms with van der Waals surface area (Å²) in [4.78, 5) is 0. The Bertz CT molecular complexity index is 1130. The van der Waals surface area contributed by atoms with Gasteiger partial charge in [0.1, 0.15) is 11.5 Å². The van der Waals surface area contributed by atoms with Gasteiger partial charge in [0.05, 0.1) is 0 Å². The molecule has 2 heteroatoms. The SMILES string of the molecule is CC(C)(c1ccc(-c2ccccc2)c(O)c1)c1ccc(O)c(-c2ccccc2)c1. The topological polar surface area (TPSA) is 40.5 Å². The molecule has 0 atom stereocenters. The van der Waals surface area contributed by atoms with Crippen molar-refractivity contribution in [1.29, 1.82) is 0 Å². The summed E-state index contributed by atoms with van der Waals surface area (Å²) in [5, 5.41) is 21.1. The summed E-state index contributed by atoms with van der Waals surface area (Å²) in [6, 6.07) is 31.4. The van der Waals surface area contributed by atoms with Gasteiger partial charge in [-0.25, -0.2) is 0 Å². The van der Waals surface area contributed by atoms with E-state index in [0.29, 0.717) is 0 Å². The Hall–Kier alpha value is -3.52. The molecular formula is C27H24O2. The second kappa shape index (κ2) is 7.48. The van der Waals surface area contributed by atoms with Gasteiger partial charge in [-0.05, 0) is 40.5 Å². The highest BCUT2D eigenvalue weighted by Gasteiger charge is 2.25. The summed E-state index contributed by atoms with van der Waals surface area (Å²) in [6.07, 6.45) is 0. The van der Waals surface area contributed by atoms with Gasteiger partial charge in [0.15, 0.2) is 0 Å². The van der Waals surface area contributed by atoms with Crippen molar-refractivity contribution in [2.45, 2.75) is 19.3 Å². The number of phenols is 2. The Morgan fingerprint density at radius 1 is 0.517 bits per heavy atom. The van der Waals surface area contributed by atoms with Crippen LogP contribution in [-0.4, -0.2) is 10.2 Å². The molecule has 0 saturated carbocycles. The van der Waals surface area contributed by atoms with Crippen LogP contribution in [0.25, 0.3) is 22.3 Å². The van der Waals surface area contributed by atoms with Crippen LogP contribution in [0.15, 0.2) is 97.1 Å². The molecule has 0 aliphatic carbocycles. The van der Waals surface area contributed by atoms with Crippen LogP contribution in [-0.2, 0) is 5.41 Å². The zero-order chi connectivity index (χ0) is 20.4. The zero-order valence-electron chi connectivity index (χ0n) is 16.6. The molecule has 0 amide bonds. The van der Waals surface area contributed by atoms with Crippen molar-refractivity contribution < 1.29 is 10.2 Å². The maximum atomic E-state index is 10.7. The second-order valence-corrected chi connectivity index (χ2v) is 7.82. The van der Waals surface area contributed by atoms with Crippen molar-refractivity contribution in [3.63, 3.8) is 0 Å².